The SMILES string of the molecule is Cl.[15NH2]CCO. The van der Waals surface area contributed by atoms with Crippen LogP contribution in [-0.2, 0) is 0 Å². The van der Waals surface area contributed by atoms with Gasteiger partial charge in [-0.05, 0) is 0 Å². The minimum atomic E-state index is 0. The zero-order valence-corrected chi connectivity index (χ0v) is 3.66. The fraction of sp³-hybridized carbons (Fsp3) is 1.00. The Morgan fingerprint density at radius 2 is 1.80 bits per heavy atom. The number of rotatable bonds is 1. The second-order valence-corrected chi connectivity index (χ2v) is 0.512. The quantitative estimate of drug-likeness (QED) is 0.429. The van der Waals surface area contributed by atoms with Crippen molar-refractivity contribution in [3.05, 3.63) is 0 Å². The highest BCUT2D eigenvalue weighted by Gasteiger charge is 1.56. The van der Waals surface area contributed by atoms with E-state index in [0.29, 0.717) is 6.54 Å². The number of nitrogens with two attached hydrogens (primary N) is 1. The molecule has 0 aliphatic carbocycles. The van der Waals surface area contributed by atoms with Gasteiger partial charge in [0.1, 0.15) is 0 Å². The molecule has 0 saturated heterocycles. The van der Waals surface area contributed by atoms with Crippen molar-refractivity contribution in [3.8, 4) is 0 Å². The Morgan fingerprint density at radius 3 is 1.80 bits per heavy atom. The van der Waals surface area contributed by atoms with Gasteiger partial charge in [-0.25, -0.2) is 0 Å². The molecule has 0 aromatic carbocycles. The van der Waals surface area contributed by atoms with E-state index in [1.165, 1.54) is 0 Å². The van der Waals surface area contributed by atoms with E-state index < -0.39 is 0 Å². The fourth-order valence-electron chi connectivity index (χ4n) is 0. The van der Waals surface area contributed by atoms with E-state index in [4.69, 9.17) is 10.8 Å². The molecule has 0 rings (SSSR count). The predicted octanol–water partition coefficient (Wildman–Crippen LogP) is -0.641. The average molecular weight is 98.5 g/mol. The number of hydrogen-bond donors (Lipinski definition) is 2. The zero-order valence-electron chi connectivity index (χ0n) is 2.85. The van der Waals surface area contributed by atoms with Crippen LogP contribution in [0.4, 0.5) is 0 Å². The van der Waals surface area contributed by atoms with Crippen LogP contribution in [0.3, 0.4) is 0 Å². The highest BCUT2D eigenvalue weighted by Crippen LogP contribution is 1.33. The molecule has 0 aliphatic rings. The molecular formula is C2H8ClNO. The van der Waals surface area contributed by atoms with E-state index in [1.54, 1.807) is 0 Å². The Bertz CT molecular complexity index is 11.6. The van der Waals surface area contributed by atoms with Crippen molar-refractivity contribution in [1.82, 2.24) is 0 Å². The second kappa shape index (κ2) is 8.88. The van der Waals surface area contributed by atoms with Crippen molar-refractivity contribution in [1.29, 1.82) is 0 Å². The lowest BCUT2D eigenvalue weighted by Gasteiger charge is -1.71. The second-order valence-electron chi connectivity index (χ2n) is 0.512. The molecule has 2 nitrogen and oxygen atoms in total. The number of hydrogen-bond acceptors (Lipinski definition) is 2. The van der Waals surface area contributed by atoms with Gasteiger partial charge < -0.3 is 10.8 Å². The van der Waals surface area contributed by atoms with Gasteiger partial charge in [-0.1, -0.05) is 0 Å². The highest BCUT2D eigenvalue weighted by atomic mass is 35.5. The first kappa shape index (κ1) is 8.96. The Kier molecular flexibility index (Phi) is 15.9. The van der Waals surface area contributed by atoms with Crippen LogP contribution in [0.1, 0.15) is 0 Å². The average Bonchev–Trinajstić information content (AvgIpc) is 1.37. The van der Waals surface area contributed by atoms with E-state index in [0.717, 1.165) is 0 Å². The summed E-state index contributed by atoms with van der Waals surface area (Å²) in [6.07, 6.45) is 0. The van der Waals surface area contributed by atoms with Gasteiger partial charge in [0.25, 0.3) is 0 Å². The third kappa shape index (κ3) is 14.0. The first-order chi connectivity index (χ1) is 1.91. The molecule has 0 unspecified atom stereocenters. The first-order valence-corrected chi connectivity index (χ1v) is 1.22. The zero-order chi connectivity index (χ0) is 3.41. The molecular weight excluding hydrogens is 90.5 g/mol. The summed E-state index contributed by atoms with van der Waals surface area (Å²) in [6, 6.07) is 0. The molecule has 0 amide bonds. The van der Waals surface area contributed by atoms with Crippen LogP contribution in [0.2, 0.25) is 0 Å². The topological polar surface area (TPSA) is 46.2 Å². The van der Waals surface area contributed by atoms with Crippen LogP contribution in [0, 0.1) is 0 Å². The molecule has 0 aromatic heterocycles. The van der Waals surface area contributed by atoms with E-state index >= 15 is 0 Å². The van der Waals surface area contributed by atoms with Crippen LogP contribution in [-0.4, -0.2) is 18.3 Å². The summed E-state index contributed by atoms with van der Waals surface area (Å²) in [5, 5.41) is 7.75. The standard InChI is InChI=1S/C2H7NO.ClH/c3-1-2-4;/h4H,1-3H2;1H/i3+1;. The lowest BCUT2D eigenvalue weighted by molar-refractivity contribution is 0.306. The summed E-state index contributed by atoms with van der Waals surface area (Å²) in [6.45, 7) is 0.472. The summed E-state index contributed by atoms with van der Waals surface area (Å²) in [5.74, 6) is 0. The Hall–Kier alpha value is 0.210. The summed E-state index contributed by atoms with van der Waals surface area (Å²) in [5.41, 5.74) is 4.78. The third-order valence-corrected chi connectivity index (χ3v) is 0.129. The minimum Gasteiger partial charge on any atom is -0.395 e. The van der Waals surface area contributed by atoms with Gasteiger partial charge in [0.05, 0.1) is 6.61 Å². The van der Waals surface area contributed by atoms with Gasteiger partial charge in [-0.2, -0.15) is 0 Å². The maximum Gasteiger partial charge on any atom is 0.0553 e. The lowest BCUT2D eigenvalue weighted by atomic mass is 10.8. The molecule has 0 bridgehead atoms. The molecule has 3 heteroatoms. The van der Waals surface area contributed by atoms with Gasteiger partial charge >= 0.3 is 0 Å². The van der Waals surface area contributed by atoms with Gasteiger partial charge in [0, 0.05) is 6.54 Å². The molecule has 0 aliphatic heterocycles. The molecule has 0 aromatic rings. The normalized spacial score (nSPS) is 6.00. The molecule has 0 spiro atoms. The van der Waals surface area contributed by atoms with Crippen LogP contribution in [0.15, 0.2) is 0 Å². The van der Waals surface area contributed by atoms with Crippen molar-refractivity contribution in [2.75, 3.05) is 13.2 Å². The van der Waals surface area contributed by atoms with Crippen LogP contribution in [0.25, 0.3) is 0 Å². The van der Waals surface area contributed by atoms with Crippen LogP contribution >= 0.6 is 12.4 Å². The Morgan fingerprint density at radius 1 is 1.60 bits per heavy atom. The van der Waals surface area contributed by atoms with Crippen molar-refractivity contribution in [3.63, 3.8) is 0 Å². The van der Waals surface area contributed by atoms with E-state index in [2.05, 4.69) is 0 Å². The van der Waals surface area contributed by atoms with Crippen molar-refractivity contribution < 1.29 is 5.11 Å². The fourth-order valence-corrected chi connectivity index (χ4v) is 0. The molecule has 5 heavy (non-hydrogen) atoms. The molecule has 0 saturated carbocycles. The van der Waals surface area contributed by atoms with Crippen molar-refractivity contribution in [2.24, 2.45) is 5.73 Å². The van der Waals surface area contributed by atoms with E-state index in [-0.39, 0.29) is 19.0 Å². The van der Waals surface area contributed by atoms with Crippen molar-refractivity contribution >= 4 is 12.4 Å². The Labute approximate surface area is 37.4 Å². The van der Waals surface area contributed by atoms with E-state index in [1.807, 2.05) is 0 Å². The predicted molar refractivity (Wildman–Crippen MR) is 23.4 cm³/mol. The molecule has 0 fully saturated rings. The lowest BCUT2D eigenvalue weighted by Crippen LogP contribution is -2.02. The summed E-state index contributed by atoms with van der Waals surface area (Å²) in [4.78, 5) is 0. The summed E-state index contributed by atoms with van der Waals surface area (Å²) < 4.78 is 0. The van der Waals surface area contributed by atoms with Gasteiger partial charge in [-0.15, -0.1) is 12.4 Å². The van der Waals surface area contributed by atoms with Crippen LogP contribution in [0.5, 0.6) is 0 Å². The molecule has 0 heterocycles. The number of aliphatic hydroxyl groups is 1. The maximum absolute atomic E-state index is 7.75. The molecule has 3 N–H and O–H groups in total. The number of halogens is 1. The van der Waals surface area contributed by atoms with Gasteiger partial charge in [0.15, 0.2) is 0 Å². The molecule has 0 atom stereocenters. The van der Waals surface area contributed by atoms with E-state index in [9.17, 15) is 0 Å². The third-order valence-electron chi connectivity index (χ3n) is 0.129. The van der Waals surface area contributed by atoms with Gasteiger partial charge in [-0.3, -0.25) is 0 Å². The van der Waals surface area contributed by atoms with Crippen molar-refractivity contribution in [2.45, 2.75) is 0 Å². The first-order valence-electron chi connectivity index (χ1n) is 1.22. The van der Waals surface area contributed by atoms with Gasteiger partial charge in [0.2, 0.25) is 0 Å². The smallest absolute Gasteiger partial charge is 0.0553 e. The Balaban J connectivity index is 0. The largest absolute Gasteiger partial charge is 0.395 e. The molecule has 34 valence electrons. The number of aliphatic hydroxyl groups excluding tert-OH is 1. The minimum absolute atomic E-state index is 0. The molecule has 0 radical (unpaired) electrons. The summed E-state index contributed by atoms with van der Waals surface area (Å²) in [7, 11) is 0. The highest BCUT2D eigenvalue weighted by molar-refractivity contribution is 5.85. The van der Waals surface area contributed by atoms with Crippen LogP contribution < -0.4 is 5.73 Å². The monoisotopic (exact) mass is 98.0 g/mol. The maximum atomic E-state index is 7.75. The summed E-state index contributed by atoms with van der Waals surface area (Å²) >= 11 is 0.